The first-order valence-corrected chi connectivity index (χ1v) is 11.3. The van der Waals surface area contributed by atoms with Gasteiger partial charge in [-0.1, -0.05) is 55.3 Å². The molecule has 0 saturated carbocycles. The van der Waals surface area contributed by atoms with Crippen LogP contribution >= 0.6 is 11.6 Å². The molecule has 0 unspecified atom stereocenters. The summed E-state index contributed by atoms with van der Waals surface area (Å²) in [5, 5.41) is 3.57. The van der Waals surface area contributed by atoms with Gasteiger partial charge in [-0.2, -0.15) is 0 Å². The van der Waals surface area contributed by atoms with Crippen LogP contribution in [-0.4, -0.2) is 35.9 Å². The van der Waals surface area contributed by atoms with Crippen molar-refractivity contribution in [1.29, 1.82) is 0 Å². The van der Waals surface area contributed by atoms with E-state index in [-0.39, 0.29) is 11.8 Å². The van der Waals surface area contributed by atoms with E-state index in [1.165, 1.54) is 5.56 Å². The number of ether oxygens (including phenoxy) is 1. The van der Waals surface area contributed by atoms with Crippen LogP contribution in [0.2, 0.25) is 5.02 Å². The highest BCUT2D eigenvalue weighted by atomic mass is 35.5. The molecule has 1 N–H and O–H groups in total. The largest absolute Gasteiger partial charge is 0.494 e. The minimum Gasteiger partial charge on any atom is -0.494 e. The van der Waals surface area contributed by atoms with Crippen LogP contribution in [0.5, 0.6) is 5.75 Å². The zero-order valence-corrected chi connectivity index (χ0v) is 19.5. The van der Waals surface area contributed by atoms with Crippen LogP contribution < -0.4 is 10.1 Å². The quantitative estimate of drug-likeness (QED) is 0.461. The van der Waals surface area contributed by atoms with Crippen molar-refractivity contribution in [3.8, 4) is 5.75 Å². The van der Waals surface area contributed by atoms with Crippen LogP contribution in [-0.2, 0) is 16.1 Å². The van der Waals surface area contributed by atoms with Gasteiger partial charge in [-0.3, -0.25) is 9.59 Å². The fourth-order valence-corrected chi connectivity index (χ4v) is 3.39. The third-order valence-electron chi connectivity index (χ3n) is 5.03. The van der Waals surface area contributed by atoms with E-state index in [1.54, 1.807) is 17.0 Å². The summed E-state index contributed by atoms with van der Waals surface area (Å²) in [7, 11) is 0. The Balaban J connectivity index is 2.02. The molecule has 2 aromatic rings. The highest BCUT2D eigenvalue weighted by molar-refractivity contribution is 6.30. The van der Waals surface area contributed by atoms with Gasteiger partial charge in [0, 0.05) is 24.5 Å². The molecule has 0 aliphatic carbocycles. The number of nitrogens with one attached hydrogen (secondary N) is 1. The van der Waals surface area contributed by atoms with E-state index in [2.05, 4.69) is 5.32 Å². The summed E-state index contributed by atoms with van der Waals surface area (Å²) in [6.45, 7) is 7.38. The van der Waals surface area contributed by atoms with Gasteiger partial charge in [-0.15, -0.1) is 0 Å². The zero-order chi connectivity index (χ0) is 22.6. The van der Waals surface area contributed by atoms with Gasteiger partial charge in [0.05, 0.1) is 6.61 Å². The summed E-state index contributed by atoms with van der Waals surface area (Å²) in [6, 6.07) is 14.7. The SMILES string of the molecule is CCCNC(=O)[C@H](CC)N(Cc1ccc(Cl)cc1)C(=O)CCCOc1ccc(C)cc1. The van der Waals surface area contributed by atoms with Crippen molar-refractivity contribution in [2.45, 2.75) is 59.0 Å². The average Bonchev–Trinajstić information content (AvgIpc) is 2.77. The Kier molecular flexibility index (Phi) is 10.4. The lowest BCUT2D eigenvalue weighted by molar-refractivity contribution is -0.141. The second-order valence-electron chi connectivity index (χ2n) is 7.63. The van der Waals surface area contributed by atoms with E-state index >= 15 is 0 Å². The van der Waals surface area contributed by atoms with Crippen LogP contribution in [0.25, 0.3) is 0 Å². The molecule has 0 fully saturated rings. The lowest BCUT2D eigenvalue weighted by Crippen LogP contribution is -2.49. The van der Waals surface area contributed by atoms with E-state index in [0.717, 1.165) is 17.7 Å². The van der Waals surface area contributed by atoms with E-state index in [4.69, 9.17) is 16.3 Å². The first kappa shape index (κ1) is 24.7. The number of halogens is 1. The van der Waals surface area contributed by atoms with Crippen LogP contribution in [0.4, 0.5) is 0 Å². The summed E-state index contributed by atoms with van der Waals surface area (Å²) < 4.78 is 5.75. The Morgan fingerprint density at radius 2 is 1.74 bits per heavy atom. The third-order valence-corrected chi connectivity index (χ3v) is 5.28. The maximum atomic E-state index is 13.1. The number of nitrogens with zero attached hydrogens (tertiary/aromatic N) is 1. The Morgan fingerprint density at radius 3 is 2.35 bits per heavy atom. The Hall–Kier alpha value is -2.53. The van der Waals surface area contributed by atoms with Gasteiger partial charge in [-0.25, -0.2) is 0 Å². The molecule has 31 heavy (non-hydrogen) atoms. The maximum Gasteiger partial charge on any atom is 0.242 e. The third kappa shape index (κ3) is 8.25. The van der Waals surface area contributed by atoms with E-state index < -0.39 is 6.04 Å². The van der Waals surface area contributed by atoms with Crippen molar-refractivity contribution in [3.05, 3.63) is 64.7 Å². The molecule has 6 heteroatoms. The van der Waals surface area contributed by atoms with E-state index in [9.17, 15) is 9.59 Å². The molecule has 1 atom stereocenters. The summed E-state index contributed by atoms with van der Waals surface area (Å²) in [4.78, 5) is 27.5. The van der Waals surface area contributed by atoms with Gasteiger partial charge in [-0.05, 0) is 56.0 Å². The molecule has 168 valence electrons. The molecule has 5 nitrogen and oxygen atoms in total. The molecule has 0 aromatic heterocycles. The zero-order valence-electron chi connectivity index (χ0n) is 18.7. The predicted molar refractivity (Wildman–Crippen MR) is 125 cm³/mol. The van der Waals surface area contributed by atoms with Gasteiger partial charge in [0.25, 0.3) is 0 Å². The normalized spacial score (nSPS) is 11.6. The molecular formula is C25H33ClN2O3. The van der Waals surface area contributed by atoms with E-state index in [1.807, 2.05) is 57.2 Å². The molecule has 0 aliphatic rings. The Labute approximate surface area is 190 Å². The molecule has 0 aliphatic heterocycles. The monoisotopic (exact) mass is 444 g/mol. The maximum absolute atomic E-state index is 13.1. The van der Waals surface area contributed by atoms with Crippen LogP contribution in [0.1, 0.15) is 50.7 Å². The summed E-state index contributed by atoms with van der Waals surface area (Å²) in [5.41, 5.74) is 2.11. The smallest absolute Gasteiger partial charge is 0.242 e. The number of carbonyl (C=O) groups excluding carboxylic acids is 2. The lowest BCUT2D eigenvalue weighted by atomic mass is 10.1. The number of carbonyl (C=O) groups is 2. The van der Waals surface area contributed by atoms with Crippen molar-refractivity contribution >= 4 is 23.4 Å². The van der Waals surface area contributed by atoms with E-state index in [0.29, 0.717) is 44.0 Å². The van der Waals surface area contributed by atoms with Gasteiger partial charge < -0.3 is 15.0 Å². The number of amides is 2. The molecule has 2 amide bonds. The summed E-state index contributed by atoms with van der Waals surface area (Å²) in [5.74, 6) is 0.630. The van der Waals surface area contributed by atoms with Gasteiger partial charge in [0.2, 0.25) is 11.8 Å². The van der Waals surface area contributed by atoms with Crippen molar-refractivity contribution in [2.75, 3.05) is 13.2 Å². The highest BCUT2D eigenvalue weighted by Gasteiger charge is 2.28. The molecule has 2 aromatic carbocycles. The van der Waals surface area contributed by atoms with Crippen LogP contribution in [0.3, 0.4) is 0 Å². The van der Waals surface area contributed by atoms with Gasteiger partial charge >= 0.3 is 0 Å². The summed E-state index contributed by atoms with van der Waals surface area (Å²) in [6.07, 6.45) is 2.30. The Bertz CT molecular complexity index is 822. The number of hydrogen-bond donors (Lipinski definition) is 1. The predicted octanol–water partition coefficient (Wildman–Crippen LogP) is 5.14. The number of hydrogen-bond acceptors (Lipinski definition) is 3. The molecule has 2 rings (SSSR count). The first-order valence-electron chi connectivity index (χ1n) is 11.0. The molecule has 0 radical (unpaired) electrons. The molecule has 0 heterocycles. The van der Waals surface area contributed by atoms with Crippen LogP contribution in [0, 0.1) is 6.92 Å². The minimum atomic E-state index is -0.507. The molecular weight excluding hydrogens is 412 g/mol. The van der Waals surface area contributed by atoms with Gasteiger partial charge in [0.1, 0.15) is 11.8 Å². The second-order valence-corrected chi connectivity index (χ2v) is 8.06. The molecule has 0 spiro atoms. The standard InChI is InChI=1S/C25H33ClN2O3/c1-4-16-27-25(30)23(5-2)28(18-20-10-12-21(26)13-11-20)24(29)7-6-17-31-22-14-8-19(3)9-15-22/h8-15,23H,4-7,16-18H2,1-3H3,(H,27,30)/t23-/m0/s1. The highest BCUT2D eigenvalue weighted by Crippen LogP contribution is 2.17. The Morgan fingerprint density at radius 1 is 1.06 bits per heavy atom. The molecule has 0 saturated heterocycles. The molecule has 0 bridgehead atoms. The lowest BCUT2D eigenvalue weighted by Gasteiger charge is -2.30. The second kappa shape index (κ2) is 13.0. The van der Waals surface area contributed by atoms with Crippen molar-refractivity contribution in [3.63, 3.8) is 0 Å². The van der Waals surface area contributed by atoms with Crippen LogP contribution in [0.15, 0.2) is 48.5 Å². The fourth-order valence-electron chi connectivity index (χ4n) is 3.26. The number of rotatable bonds is 12. The summed E-state index contributed by atoms with van der Waals surface area (Å²) >= 11 is 5.99. The number of benzene rings is 2. The van der Waals surface area contributed by atoms with Gasteiger partial charge in [0.15, 0.2) is 0 Å². The fraction of sp³-hybridized carbons (Fsp3) is 0.440. The van der Waals surface area contributed by atoms with Crippen molar-refractivity contribution in [2.24, 2.45) is 0 Å². The minimum absolute atomic E-state index is 0.0547. The average molecular weight is 445 g/mol. The van der Waals surface area contributed by atoms with Crippen molar-refractivity contribution < 1.29 is 14.3 Å². The topological polar surface area (TPSA) is 58.6 Å². The number of aryl methyl sites for hydroxylation is 1. The first-order chi connectivity index (χ1) is 14.9. The van der Waals surface area contributed by atoms with Crippen molar-refractivity contribution in [1.82, 2.24) is 10.2 Å².